The van der Waals surface area contributed by atoms with Crippen molar-refractivity contribution < 1.29 is 31.5 Å². The van der Waals surface area contributed by atoms with Gasteiger partial charge in [-0.1, -0.05) is 31.5 Å². The van der Waals surface area contributed by atoms with Gasteiger partial charge in [-0.2, -0.15) is 24.9 Å². The average Bonchev–Trinajstić information content (AvgIpc) is 2.97. The van der Waals surface area contributed by atoms with Crippen LogP contribution in [0.3, 0.4) is 0 Å². The van der Waals surface area contributed by atoms with E-state index < -0.39 is 41.7 Å². The van der Waals surface area contributed by atoms with E-state index in [0.29, 0.717) is 54.8 Å². The molecule has 1 unspecified atom stereocenters. The number of hydrogen-bond donors (Lipinski definition) is 3. The predicted molar refractivity (Wildman–Crippen MR) is 164 cm³/mol. The van der Waals surface area contributed by atoms with Gasteiger partial charge in [0.2, 0.25) is 5.91 Å². The number of amides is 2. The van der Waals surface area contributed by atoms with Crippen molar-refractivity contribution in [1.29, 1.82) is 0 Å². The summed E-state index contributed by atoms with van der Waals surface area (Å²) in [7, 11) is 0. The van der Waals surface area contributed by atoms with E-state index in [-0.39, 0.29) is 36.5 Å². The molecule has 44 heavy (non-hydrogen) atoms. The van der Waals surface area contributed by atoms with Crippen LogP contribution in [0, 0.1) is 17.6 Å². The van der Waals surface area contributed by atoms with E-state index in [1.807, 2.05) is 23.6 Å². The van der Waals surface area contributed by atoms with E-state index >= 15 is 4.39 Å². The molecule has 2 atom stereocenters. The highest BCUT2D eigenvalue weighted by atomic mass is 35.5. The minimum Gasteiger partial charge on any atom is -0.367 e. The number of benzene rings is 2. The molecule has 2 fully saturated rings. The number of halogens is 6. The van der Waals surface area contributed by atoms with Crippen LogP contribution in [0.1, 0.15) is 42.6 Å². The molecule has 7 nitrogen and oxygen atoms in total. The van der Waals surface area contributed by atoms with E-state index in [1.54, 1.807) is 30.0 Å². The first-order valence-corrected chi connectivity index (χ1v) is 16.1. The summed E-state index contributed by atoms with van der Waals surface area (Å²) in [6, 6.07) is 6.59. The maximum absolute atomic E-state index is 15.1. The summed E-state index contributed by atoms with van der Waals surface area (Å²) in [5.41, 5.74) is 0.228. The second kappa shape index (κ2) is 15.1. The number of nitrogens with zero attached hydrogens (tertiary/aromatic N) is 2. The molecule has 4 rings (SSSR count). The molecule has 0 bridgehead atoms. The number of thioether (sulfide) groups is 1. The molecule has 14 heteroatoms. The second-order valence-electron chi connectivity index (χ2n) is 11.4. The SMILES string of the molecule is CC(C)C[C@H]1CN(c2cc(Cl)ccc2NC(=O)c2ccc(CNC(=O)C3CSCCN3)c(F)c2F)CCN1CCC(F)(F)F. The molecular formula is C30H37ClF5N5O2S. The number of nitrogens with one attached hydrogen (secondary N) is 3. The van der Waals surface area contributed by atoms with Crippen molar-refractivity contribution in [3.05, 3.63) is 58.1 Å². The number of carbonyl (C=O) groups excluding carboxylic acids is 2. The summed E-state index contributed by atoms with van der Waals surface area (Å²) in [5, 5.41) is 8.72. The Morgan fingerprint density at radius 1 is 1.14 bits per heavy atom. The Kier molecular flexibility index (Phi) is 11.8. The molecular weight excluding hydrogens is 625 g/mol. The topological polar surface area (TPSA) is 76.7 Å². The average molecular weight is 662 g/mol. The molecule has 2 aliphatic rings. The minimum absolute atomic E-state index is 0.0948. The number of rotatable bonds is 10. The van der Waals surface area contributed by atoms with Crippen LogP contribution in [0.4, 0.5) is 33.3 Å². The Morgan fingerprint density at radius 3 is 2.59 bits per heavy atom. The van der Waals surface area contributed by atoms with Gasteiger partial charge < -0.3 is 20.9 Å². The van der Waals surface area contributed by atoms with Gasteiger partial charge in [-0.05, 0) is 36.6 Å². The molecule has 2 aromatic carbocycles. The maximum Gasteiger partial charge on any atom is 0.390 e. The highest BCUT2D eigenvalue weighted by Crippen LogP contribution is 2.33. The Morgan fingerprint density at radius 2 is 1.91 bits per heavy atom. The van der Waals surface area contributed by atoms with Crippen molar-refractivity contribution in [2.24, 2.45) is 5.92 Å². The number of alkyl halides is 3. The van der Waals surface area contributed by atoms with Crippen LogP contribution in [0.5, 0.6) is 0 Å². The molecule has 242 valence electrons. The molecule has 0 radical (unpaired) electrons. The van der Waals surface area contributed by atoms with Crippen LogP contribution < -0.4 is 20.9 Å². The van der Waals surface area contributed by atoms with E-state index in [1.165, 1.54) is 6.07 Å². The van der Waals surface area contributed by atoms with Crippen LogP contribution in [0.2, 0.25) is 5.02 Å². The third-order valence-electron chi connectivity index (χ3n) is 7.68. The molecule has 2 amide bonds. The molecule has 2 aliphatic heterocycles. The summed E-state index contributed by atoms with van der Waals surface area (Å²) in [4.78, 5) is 29.3. The first kappa shape index (κ1) is 34.3. The summed E-state index contributed by atoms with van der Waals surface area (Å²) >= 11 is 7.91. The van der Waals surface area contributed by atoms with Crippen LogP contribution >= 0.6 is 23.4 Å². The van der Waals surface area contributed by atoms with Crippen LogP contribution in [-0.2, 0) is 11.3 Å². The van der Waals surface area contributed by atoms with Gasteiger partial charge in [0.15, 0.2) is 11.6 Å². The molecule has 2 aromatic rings. The molecule has 0 saturated carbocycles. The minimum atomic E-state index is -4.25. The number of piperazine rings is 1. The Hall–Kier alpha value is -2.61. The third kappa shape index (κ3) is 9.21. The molecule has 3 N–H and O–H groups in total. The normalized spacial score (nSPS) is 19.7. The predicted octanol–water partition coefficient (Wildman–Crippen LogP) is 5.68. The zero-order valence-electron chi connectivity index (χ0n) is 24.6. The zero-order valence-corrected chi connectivity index (χ0v) is 26.1. The van der Waals surface area contributed by atoms with Gasteiger partial charge in [-0.25, -0.2) is 8.78 Å². The van der Waals surface area contributed by atoms with E-state index in [4.69, 9.17) is 11.6 Å². The van der Waals surface area contributed by atoms with Crippen molar-refractivity contribution in [3.8, 4) is 0 Å². The quantitative estimate of drug-likeness (QED) is 0.285. The van der Waals surface area contributed by atoms with E-state index in [0.717, 1.165) is 11.8 Å². The lowest BCUT2D eigenvalue weighted by Gasteiger charge is -2.43. The van der Waals surface area contributed by atoms with Crippen molar-refractivity contribution in [2.45, 2.75) is 51.5 Å². The summed E-state index contributed by atoms with van der Waals surface area (Å²) in [6.07, 6.45) is -4.48. The van der Waals surface area contributed by atoms with Gasteiger partial charge in [0.25, 0.3) is 5.91 Å². The summed E-state index contributed by atoms with van der Waals surface area (Å²) < 4.78 is 68.9. The van der Waals surface area contributed by atoms with Crippen molar-refractivity contribution in [3.63, 3.8) is 0 Å². The monoisotopic (exact) mass is 661 g/mol. The highest BCUT2D eigenvalue weighted by Gasteiger charge is 2.33. The number of carbonyl (C=O) groups is 2. The lowest BCUT2D eigenvalue weighted by atomic mass is 9.99. The second-order valence-corrected chi connectivity index (χ2v) is 13.0. The molecule has 2 heterocycles. The largest absolute Gasteiger partial charge is 0.390 e. The standard InChI is InChI=1S/C30H37ClF5N5O2S/c1-18(2)13-21-16-41(11-10-40(21)9-7-30(34,35)36)25-14-20(31)4-6-23(25)39-28(42)22-5-3-19(26(32)27(22)33)15-38-29(43)24-17-44-12-8-37-24/h3-6,14,18,21,24,37H,7-13,15-17H2,1-2H3,(H,38,43)(H,39,42)/t21-,24?/m0/s1. The van der Waals surface area contributed by atoms with Gasteiger partial charge >= 0.3 is 6.18 Å². The Bertz CT molecular complexity index is 1330. The Balaban J connectivity index is 1.47. The fourth-order valence-electron chi connectivity index (χ4n) is 5.45. The summed E-state index contributed by atoms with van der Waals surface area (Å²) in [6.45, 7) is 5.52. The molecule has 0 spiro atoms. The first-order valence-electron chi connectivity index (χ1n) is 14.5. The highest BCUT2D eigenvalue weighted by molar-refractivity contribution is 7.99. The first-order chi connectivity index (χ1) is 20.8. The molecule has 0 aliphatic carbocycles. The zero-order chi connectivity index (χ0) is 32.0. The van der Waals surface area contributed by atoms with Crippen molar-refractivity contribution >= 4 is 46.6 Å². The fraction of sp³-hybridized carbons (Fsp3) is 0.533. The smallest absolute Gasteiger partial charge is 0.367 e. The lowest BCUT2D eigenvalue weighted by Crippen LogP contribution is -2.54. The van der Waals surface area contributed by atoms with Gasteiger partial charge in [0, 0.05) is 67.4 Å². The third-order valence-corrected chi connectivity index (χ3v) is 8.97. The number of hydrogen-bond acceptors (Lipinski definition) is 6. The van der Waals surface area contributed by atoms with Crippen molar-refractivity contribution in [1.82, 2.24) is 15.5 Å². The van der Waals surface area contributed by atoms with E-state index in [9.17, 15) is 27.2 Å². The molecule has 0 aromatic heterocycles. The van der Waals surface area contributed by atoms with Gasteiger partial charge in [0.05, 0.1) is 29.4 Å². The van der Waals surface area contributed by atoms with Gasteiger partial charge in [0.1, 0.15) is 0 Å². The lowest BCUT2D eigenvalue weighted by molar-refractivity contribution is -0.139. The molecule has 2 saturated heterocycles. The van der Waals surface area contributed by atoms with Crippen LogP contribution in [-0.4, -0.2) is 79.2 Å². The number of anilines is 2. The summed E-state index contributed by atoms with van der Waals surface area (Å²) in [5.74, 6) is -2.05. The van der Waals surface area contributed by atoms with Crippen LogP contribution in [0.15, 0.2) is 30.3 Å². The van der Waals surface area contributed by atoms with Crippen molar-refractivity contribution in [2.75, 3.05) is 54.4 Å². The van der Waals surface area contributed by atoms with Gasteiger partial charge in [-0.3, -0.25) is 14.5 Å². The van der Waals surface area contributed by atoms with Crippen LogP contribution in [0.25, 0.3) is 0 Å². The van der Waals surface area contributed by atoms with Gasteiger partial charge in [-0.15, -0.1) is 0 Å². The fourth-order valence-corrected chi connectivity index (χ4v) is 6.55. The maximum atomic E-state index is 15.1. The Labute approximate surface area is 263 Å². The van der Waals surface area contributed by atoms with E-state index in [2.05, 4.69) is 16.0 Å².